The van der Waals surface area contributed by atoms with Gasteiger partial charge in [-0.2, -0.15) is 10.2 Å². The van der Waals surface area contributed by atoms with Crippen molar-refractivity contribution in [1.82, 2.24) is 15.0 Å². The maximum atomic E-state index is 8.74. The van der Waals surface area contributed by atoms with Crippen molar-refractivity contribution in [2.24, 2.45) is 0 Å². The van der Waals surface area contributed by atoms with Crippen molar-refractivity contribution in [1.29, 1.82) is 5.26 Å². The third-order valence-electron chi connectivity index (χ3n) is 1.79. The Hall–Kier alpha value is -2.48. The second-order valence-corrected chi connectivity index (χ2v) is 3.08. The Morgan fingerprint density at radius 1 is 1.38 bits per heavy atom. The van der Waals surface area contributed by atoms with Gasteiger partial charge >= 0.3 is 6.01 Å². The lowest BCUT2D eigenvalue weighted by molar-refractivity contribution is 0.438. The molecule has 0 saturated carbocycles. The summed E-state index contributed by atoms with van der Waals surface area (Å²) >= 11 is 0. The molecule has 0 atom stereocenters. The number of aromatic nitrogens is 3. The first-order chi connectivity index (χ1) is 7.78. The molecule has 5 nitrogen and oxygen atoms in total. The van der Waals surface area contributed by atoms with E-state index in [0.717, 1.165) is 0 Å². The van der Waals surface area contributed by atoms with E-state index in [-0.39, 0.29) is 11.7 Å². The number of nitrogens with zero attached hydrogens (tertiary/aromatic N) is 4. The largest absolute Gasteiger partial charge is 0.423 e. The molecular weight excluding hydrogens is 204 g/mol. The first-order valence-corrected chi connectivity index (χ1v) is 4.61. The molecule has 0 saturated heterocycles. The lowest BCUT2D eigenvalue weighted by Gasteiger charge is -2.03. The summed E-state index contributed by atoms with van der Waals surface area (Å²) in [4.78, 5) is 11.9. The fourth-order valence-corrected chi connectivity index (χ4v) is 1.16. The number of rotatable bonds is 2. The zero-order valence-corrected chi connectivity index (χ0v) is 8.58. The second-order valence-electron chi connectivity index (χ2n) is 3.08. The zero-order chi connectivity index (χ0) is 11.4. The highest BCUT2D eigenvalue weighted by molar-refractivity contribution is 5.26. The van der Waals surface area contributed by atoms with Gasteiger partial charge in [-0.15, -0.1) is 0 Å². The summed E-state index contributed by atoms with van der Waals surface area (Å²) in [6, 6.07) is 7.18. The standard InChI is InChI=1S/C11H8N4O/c1-8-5-9(6-12)15-11(14-8)16-10-3-2-4-13-7-10/h2-5,7H,1H3. The van der Waals surface area contributed by atoms with E-state index in [4.69, 9.17) is 10.00 Å². The van der Waals surface area contributed by atoms with Crippen LogP contribution in [0.2, 0.25) is 0 Å². The highest BCUT2D eigenvalue weighted by Gasteiger charge is 2.03. The number of hydrogen-bond acceptors (Lipinski definition) is 5. The molecule has 0 aliphatic carbocycles. The van der Waals surface area contributed by atoms with Gasteiger partial charge in [0.2, 0.25) is 0 Å². The molecule has 0 N–H and O–H groups in total. The van der Waals surface area contributed by atoms with Crippen LogP contribution in [0.25, 0.3) is 0 Å². The van der Waals surface area contributed by atoms with E-state index < -0.39 is 0 Å². The molecule has 78 valence electrons. The monoisotopic (exact) mass is 212 g/mol. The van der Waals surface area contributed by atoms with Crippen molar-refractivity contribution in [2.45, 2.75) is 6.92 Å². The minimum Gasteiger partial charge on any atom is -0.423 e. The lowest BCUT2D eigenvalue weighted by atomic mass is 10.3. The number of aryl methyl sites for hydroxylation is 1. The van der Waals surface area contributed by atoms with Crippen LogP contribution in [0.3, 0.4) is 0 Å². The van der Waals surface area contributed by atoms with Gasteiger partial charge in [0, 0.05) is 11.9 Å². The molecule has 0 bridgehead atoms. The lowest BCUT2D eigenvalue weighted by Crippen LogP contribution is -1.96. The summed E-state index contributed by atoms with van der Waals surface area (Å²) in [5.41, 5.74) is 0.969. The predicted molar refractivity (Wildman–Crippen MR) is 55.8 cm³/mol. The summed E-state index contributed by atoms with van der Waals surface area (Å²) in [5, 5.41) is 8.74. The van der Waals surface area contributed by atoms with Crippen LogP contribution in [-0.4, -0.2) is 15.0 Å². The SMILES string of the molecule is Cc1cc(C#N)nc(Oc2cccnc2)n1. The summed E-state index contributed by atoms with van der Waals surface area (Å²) in [6.45, 7) is 1.78. The van der Waals surface area contributed by atoms with E-state index in [2.05, 4.69) is 15.0 Å². The molecular formula is C11H8N4O. The molecule has 2 rings (SSSR count). The number of pyridine rings is 1. The van der Waals surface area contributed by atoms with Crippen LogP contribution >= 0.6 is 0 Å². The van der Waals surface area contributed by atoms with Gasteiger partial charge in [0.25, 0.3) is 0 Å². The van der Waals surface area contributed by atoms with Gasteiger partial charge < -0.3 is 4.74 Å². The van der Waals surface area contributed by atoms with Gasteiger partial charge in [-0.05, 0) is 25.1 Å². The molecule has 0 aliphatic rings. The minimum absolute atomic E-state index is 0.157. The first kappa shape index (κ1) is 10.1. The maximum Gasteiger partial charge on any atom is 0.323 e. The smallest absolute Gasteiger partial charge is 0.323 e. The average molecular weight is 212 g/mol. The summed E-state index contributed by atoms with van der Waals surface area (Å²) in [6.07, 6.45) is 3.20. The van der Waals surface area contributed by atoms with Crippen molar-refractivity contribution in [3.8, 4) is 17.8 Å². The Morgan fingerprint density at radius 3 is 2.94 bits per heavy atom. The zero-order valence-electron chi connectivity index (χ0n) is 8.58. The molecule has 0 amide bonds. The molecule has 5 heteroatoms. The molecule has 0 fully saturated rings. The van der Waals surface area contributed by atoms with Gasteiger partial charge in [-0.3, -0.25) is 4.98 Å². The van der Waals surface area contributed by atoms with E-state index in [1.807, 2.05) is 6.07 Å². The van der Waals surface area contributed by atoms with Crippen molar-refractivity contribution in [3.05, 3.63) is 42.0 Å². The van der Waals surface area contributed by atoms with Gasteiger partial charge in [-0.25, -0.2) is 4.98 Å². The predicted octanol–water partition coefficient (Wildman–Crippen LogP) is 1.84. The Balaban J connectivity index is 2.29. The minimum atomic E-state index is 0.157. The van der Waals surface area contributed by atoms with Crippen LogP contribution in [0.15, 0.2) is 30.6 Å². The van der Waals surface area contributed by atoms with E-state index in [0.29, 0.717) is 11.4 Å². The van der Waals surface area contributed by atoms with Crippen molar-refractivity contribution in [2.75, 3.05) is 0 Å². The first-order valence-electron chi connectivity index (χ1n) is 4.61. The highest BCUT2D eigenvalue weighted by atomic mass is 16.5. The molecule has 0 aromatic carbocycles. The Bertz CT molecular complexity index is 533. The Kier molecular flexibility index (Phi) is 2.74. The van der Waals surface area contributed by atoms with Crippen LogP contribution in [0, 0.1) is 18.3 Å². The van der Waals surface area contributed by atoms with Gasteiger partial charge in [-0.1, -0.05) is 0 Å². The van der Waals surface area contributed by atoms with E-state index >= 15 is 0 Å². The highest BCUT2D eigenvalue weighted by Crippen LogP contribution is 2.16. The van der Waals surface area contributed by atoms with E-state index in [9.17, 15) is 0 Å². The molecule has 2 heterocycles. The summed E-state index contributed by atoms with van der Waals surface area (Å²) < 4.78 is 5.37. The average Bonchev–Trinajstić information content (AvgIpc) is 2.29. The van der Waals surface area contributed by atoms with E-state index in [1.165, 1.54) is 0 Å². The van der Waals surface area contributed by atoms with Crippen molar-refractivity contribution in [3.63, 3.8) is 0 Å². The molecule has 16 heavy (non-hydrogen) atoms. The second kappa shape index (κ2) is 4.36. The Labute approximate surface area is 92.4 Å². The molecule has 0 spiro atoms. The number of nitriles is 1. The third kappa shape index (κ3) is 2.30. The van der Waals surface area contributed by atoms with Crippen molar-refractivity contribution < 1.29 is 4.74 Å². The summed E-state index contributed by atoms with van der Waals surface area (Å²) in [7, 11) is 0. The molecule has 2 aromatic heterocycles. The molecule has 0 unspecified atom stereocenters. The maximum absolute atomic E-state index is 8.74. The van der Waals surface area contributed by atoms with E-state index in [1.54, 1.807) is 37.5 Å². The molecule has 0 radical (unpaired) electrons. The van der Waals surface area contributed by atoms with Crippen LogP contribution < -0.4 is 4.74 Å². The van der Waals surface area contributed by atoms with Gasteiger partial charge in [0.15, 0.2) is 0 Å². The number of ether oxygens (including phenoxy) is 1. The Morgan fingerprint density at radius 2 is 2.25 bits per heavy atom. The van der Waals surface area contributed by atoms with Gasteiger partial charge in [0.1, 0.15) is 17.5 Å². The number of hydrogen-bond donors (Lipinski definition) is 0. The van der Waals surface area contributed by atoms with Crippen LogP contribution in [0.5, 0.6) is 11.8 Å². The fourth-order valence-electron chi connectivity index (χ4n) is 1.16. The van der Waals surface area contributed by atoms with Gasteiger partial charge in [0.05, 0.1) is 6.20 Å². The van der Waals surface area contributed by atoms with Crippen LogP contribution in [0.4, 0.5) is 0 Å². The quantitative estimate of drug-likeness (QED) is 0.759. The van der Waals surface area contributed by atoms with Crippen LogP contribution in [-0.2, 0) is 0 Å². The molecule has 2 aromatic rings. The summed E-state index contributed by atoms with van der Waals surface area (Å²) in [5.74, 6) is 0.539. The van der Waals surface area contributed by atoms with Crippen LogP contribution in [0.1, 0.15) is 11.4 Å². The topological polar surface area (TPSA) is 71.7 Å². The fraction of sp³-hybridized carbons (Fsp3) is 0.0909. The third-order valence-corrected chi connectivity index (χ3v) is 1.79. The normalized spacial score (nSPS) is 9.50. The molecule has 0 aliphatic heterocycles. The van der Waals surface area contributed by atoms with Crippen molar-refractivity contribution >= 4 is 0 Å².